The number of hydrogen-bond acceptors (Lipinski definition) is 7. The molecule has 0 saturated heterocycles. The molecule has 1 aliphatic rings. The normalized spacial score (nSPS) is 14.3. The van der Waals surface area contributed by atoms with Gasteiger partial charge in [0.05, 0.1) is 39.2 Å². The Bertz CT molecular complexity index is 996. The van der Waals surface area contributed by atoms with Gasteiger partial charge in [0.25, 0.3) is 0 Å². The van der Waals surface area contributed by atoms with Gasteiger partial charge >= 0.3 is 11.9 Å². The zero-order chi connectivity index (χ0) is 22.6. The topological polar surface area (TPSA) is 74.3 Å². The smallest absolute Gasteiger partial charge is 0.355 e. The molecule has 1 aliphatic heterocycles. The monoisotopic (exact) mass is 425 g/mol. The molecule has 0 aliphatic carbocycles. The van der Waals surface area contributed by atoms with Gasteiger partial charge in [-0.05, 0) is 23.3 Å². The SMILES string of the molecule is COC(=O)C1=C(C(=O)OC)N(c2cc(C(C)(C)c3ccccc3)ccc2OC)COC1. The predicted octanol–water partition coefficient (Wildman–Crippen LogP) is 3.42. The van der Waals surface area contributed by atoms with Crippen LogP contribution in [0.1, 0.15) is 25.0 Å². The van der Waals surface area contributed by atoms with E-state index in [-0.39, 0.29) is 30.0 Å². The molecule has 0 saturated carbocycles. The zero-order valence-electron chi connectivity index (χ0n) is 18.4. The Morgan fingerprint density at radius 3 is 2.23 bits per heavy atom. The number of esters is 2. The van der Waals surface area contributed by atoms with Crippen LogP contribution in [0.25, 0.3) is 0 Å². The molecule has 7 heteroatoms. The van der Waals surface area contributed by atoms with Crippen molar-refractivity contribution < 1.29 is 28.5 Å². The molecule has 0 aromatic heterocycles. The second-order valence-corrected chi connectivity index (χ2v) is 7.59. The van der Waals surface area contributed by atoms with E-state index < -0.39 is 11.9 Å². The fourth-order valence-corrected chi connectivity index (χ4v) is 3.64. The van der Waals surface area contributed by atoms with E-state index in [1.165, 1.54) is 14.2 Å². The molecule has 7 nitrogen and oxygen atoms in total. The lowest BCUT2D eigenvalue weighted by atomic mass is 9.78. The third-order valence-electron chi connectivity index (χ3n) is 5.52. The summed E-state index contributed by atoms with van der Waals surface area (Å²) in [7, 11) is 4.07. The molecule has 1 heterocycles. The van der Waals surface area contributed by atoms with Crippen molar-refractivity contribution in [2.75, 3.05) is 39.6 Å². The number of carbonyl (C=O) groups is 2. The third-order valence-corrected chi connectivity index (χ3v) is 5.52. The minimum absolute atomic E-state index is 0.0505. The molecule has 0 N–H and O–H groups in total. The molecule has 0 radical (unpaired) electrons. The lowest BCUT2D eigenvalue weighted by Gasteiger charge is -2.34. The first-order chi connectivity index (χ1) is 14.8. The minimum Gasteiger partial charge on any atom is -0.495 e. The maximum absolute atomic E-state index is 12.7. The average molecular weight is 425 g/mol. The maximum Gasteiger partial charge on any atom is 0.355 e. The number of benzene rings is 2. The summed E-state index contributed by atoms with van der Waals surface area (Å²) >= 11 is 0. The molecule has 164 valence electrons. The third kappa shape index (κ3) is 4.27. The highest BCUT2D eigenvalue weighted by atomic mass is 16.5. The number of ether oxygens (including phenoxy) is 4. The van der Waals surface area contributed by atoms with E-state index in [1.807, 2.05) is 36.4 Å². The van der Waals surface area contributed by atoms with Crippen molar-refractivity contribution >= 4 is 17.6 Å². The van der Waals surface area contributed by atoms with E-state index in [0.717, 1.165) is 11.1 Å². The Morgan fingerprint density at radius 2 is 1.61 bits per heavy atom. The highest BCUT2D eigenvalue weighted by molar-refractivity contribution is 6.03. The van der Waals surface area contributed by atoms with E-state index in [9.17, 15) is 9.59 Å². The first-order valence-electron chi connectivity index (χ1n) is 9.84. The summed E-state index contributed by atoms with van der Waals surface area (Å²) in [6.45, 7) is 4.25. The summed E-state index contributed by atoms with van der Waals surface area (Å²) in [5, 5.41) is 0. The molecule has 31 heavy (non-hydrogen) atoms. The predicted molar refractivity (Wildman–Crippen MR) is 116 cm³/mol. The molecular weight excluding hydrogens is 398 g/mol. The Labute approximate surface area is 182 Å². The van der Waals surface area contributed by atoms with Crippen LogP contribution in [0.3, 0.4) is 0 Å². The number of rotatable bonds is 6. The van der Waals surface area contributed by atoms with Gasteiger partial charge in [0.2, 0.25) is 0 Å². The highest BCUT2D eigenvalue weighted by Gasteiger charge is 2.34. The average Bonchev–Trinajstić information content (AvgIpc) is 2.82. The minimum atomic E-state index is -0.654. The lowest BCUT2D eigenvalue weighted by Crippen LogP contribution is -2.39. The second kappa shape index (κ2) is 9.22. The summed E-state index contributed by atoms with van der Waals surface area (Å²) in [5.41, 5.74) is 2.58. The molecule has 0 amide bonds. The van der Waals surface area contributed by atoms with Crippen LogP contribution in [0, 0.1) is 0 Å². The number of methoxy groups -OCH3 is 3. The summed E-state index contributed by atoms with van der Waals surface area (Å²) < 4.78 is 21.0. The Morgan fingerprint density at radius 1 is 0.935 bits per heavy atom. The fourth-order valence-electron chi connectivity index (χ4n) is 3.64. The number of anilines is 1. The van der Waals surface area contributed by atoms with Crippen molar-refractivity contribution in [1.29, 1.82) is 0 Å². The van der Waals surface area contributed by atoms with Crippen LogP contribution in [0.2, 0.25) is 0 Å². The van der Waals surface area contributed by atoms with Gasteiger partial charge in [-0.15, -0.1) is 0 Å². The van der Waals surface area contributed by atoms with Crippen molar-refractivity contribution in [2.24, 2.45) is 0 Å². The van der Waals surface area contributed by atoms with Crippen LogP contribution in [-0.4, -0.2) is 46.6 Å². The highest BCUT2D eigenvalue weighted by Crippen LogP contribution is 2.39. The van der Waals surface area contributed by atoms with Gasteiger partial charge < -0.3 is 23.8 Å². The summed E-state index contributed by atoms with van der Waals surface area (Å²) in [6.07, 6.45) is 0. The van der Waals surface area contributed by atoms with Gasteiger partial charge in [0.15, 0.2) is 0 Å². The van der Waals surface area contributed by atoms with Crippen LogP contribution in [0.4, 0.5) is 5.69 Å². The quantitative estimate of drug-likeness (QED) is 0.657. The van der Waals surface area contributed by atoms with Gasteiger partial charge in [-0.2, -0.15) is 0 Å². The van der Waals surface area contributed by atoms with E-state index in [1.54, 1.807) is 12.0 Å². The Balaban J connectivity index is 2.17. The molecule has 0 atom stereocenters. The summed E-state index contributed by atoms with van der Waals surface area (Å²) in [5.74, 6) is -0.771. The van der Waals surface area contributed by atoms with Gasteiger partial charge in [-0.3, -0.25) is 0 Å². The largest absolute Gasteiger partial charge is 0.495 e. The van der Waals surface area contributed by atoms with Crippen molar-refractivity contribution in [3.63, 3.8) is 0 Å². The second-order valence-electron chi connectivity index (χ2n) is 7.59. The van der Waals surface area contributed by atoms with Crippen LogP contribution < -0.4 is 9.64 Å². The number of nitrogens with zero attached hydrogens (tertiary/aromatic N) is 1. The Hall–Kier alpha value is -3.32. The summed E-state index contributed by atoms with van der Waals surface area (Å²) in [4.78, 5) is 26.6. The van der Waals surface area contributed by atoms with Gasteiger partial charge in [0, 0.05) is 5.41 Å². The number of carbonyl (C=O) groups excluding carboxylic acids is 2. The maximum atomic E-state index is 12.7. The fraction of sp³-hybridized carbons (Fsp3) is 0.333. The van der Waals surface area contributed by atoms with Crippen molar-refractivity contribution in [3.8, 4) is 5.75 Å². The first kappa shape index (κ1) is 22.4. The van der Waals surface area contributed by atoms with Crippen molar-refractivity contribution in [3.05, 3.63) is 70.9 Å². The summed E-state index contributed by atoms with van der Waals surface area (Å²) in [6, 6.07) is 15.9. The van der Waals surface area contributed by atoms with Crippen LogP contribution in [-0.2, 0) is 29.2 Å². The first-order valence-corrected chi connectivity index (χ1v) is 9.84. The van der Waals surface area contributed by atoms with Crippen LogP contribution in [0.15, 0.2) is 59.8 Å². The lowest BCUT2D eigenvalue weighted by molar-refractivity contribution is -0.140. The molecule has 0 spiro atoms. The standard InChI is InChI=1S/C24H27NO6/c1-24(2,16-9-7-6-8-10-16)17-11-12-20(28-3)19(13-17)25-15-31-14-18(22(26)29-4)21(25)23(27)30-5/h6-13H,14-15H2,1-5H3. The molecule has 0 bridgehead atoms. The van der Waals surface area contributed by atoms with E-state index in [2.05, 4.69) is 26.0 Å². The van der Waals surface area contributed by atoms with Gasteiger partial charge in [0.1, 0.15) is 18.2 Å². The Kier molecular flexibility index (Phi) is 6.65. The molecule has 0 fully saturated rings. The molecule has 2 aromatic rings. The van der Waals surface area contributed by atoms with Gasteiger partial charge in [-0.25, -0.2) is 9.59 Å². The van der Waals surface area contributed by atoms with E-state index in [0.29, 0.717) is 11.4 Å². The molecular formula is C24H27NO6. The van der Waals surface area contributed by atoms with Crippen LogP contribution >= 0.6 is 0 Å². The van der Waals surface area contributed by atoms with E-state index >= 15 is 0 Å². The van der Waals surface area contributed by atoms with E-state index in [4.69, 9.17) is 18.9 Å². The molecule has 0 unspecified atom stereocenters. The number of hydrogen-bond donors (Lipinski definition) is 0. The van der Waals surface area contributed by atoms with Crippen LogP contribution in [0.5, 0.6) is 5.75 Å². The van der Waals surface area contributed by atoms with Crippen molar-refractivity contribution in [1.82, 2.24) is 0 Å². The van der Waals surface area contributed by atoms with Crippen molar-refractivity contribution in [2.45, 2.75) is 19.3 Å². The molecule has 3 rings (SSSR count). The molecule has 2 aromatic carbocycles. The van der Waals surface area contributed by atoms with Gasteiger partial charge in [-0.1, -0.05) is 50.2 Å². The zero-order valence-corrected chi connectivity index (χ0v) is 18.4.